The normalized spacial score (nSPS) is 12.2. The lowest BCUT2D eigenvalue weighted by atomic mass is 9.95. The molecule has 3 rings (SSSR count). The summed E-state index contributed by atoms with van der Waals surface area (Å²) < 4.78 is 21.7. The number of amides is 1. The first-order valence-electron chi connectivity index (χ1n) is 13.3. The zero-order valence-electron chi connectivity index (χ0n) is 23.4. The van der Waals surface area contributed by atoms with Crippen molar-refractivity contribution >= 4 is 23.7 Å². The van der Waals surface area contributed by atoms with E-state index in [2.05, 4.69) is 24.1 Å². The van der Waals surface area contributed by atoms with Crippen LogP contribution in [0.1, 0.15) is 66.2 Å². The van der Waals surface area contributed by atoms with Crippen LogP contribution in [0.2, 0.25) is 0 Å². The molecule has 0 unspecified atom stereocenters. The predicted octanol–water partition coefficient (Wildman–Crippen LogP) is 5.25. The Kier molecular flexibility index (Phi) is 10.8. The van der Waals surface area contributed by atoms with Gasteiger partial charge in [-0.05, 0) is 63.8 Å². The third kappa shape index (κ3) is 7.31. The Morgan fingerprint density at radius 1 is 1.08 bits per heavy atom. The smallest absolute Gasteiger partial charge is 0.412 e. The summed E-state index contributed by atoms with van der Waals surface area (Å²) in [6.45, 7) is 10.3. The van der Waals surface area contributed by atoms with Crippen molar-refractivity contribution in [1.29, 1.82) is 0 Å². The minimum atomic E-state index is -0.692. The number of ether oxygens (including phenoxy) is 4. The molecule has 1 heterocycles. The molecule has 1 aliphatic heterocycles. The van der Waals surface area contributed by atoms with E-state index in [1.807, 2.05) is 43.3 Å². The van der Waals surface area contributed by atoms with Gasteiger partial charge in [-0.25, -0.2) is 9.59 Å². The summed E-state index contributed by atoms with van der Waals surface area (Å²) in [5, 5.41) is 2.77. The number of nitrogens with one attached hydrogen (secondary N) is 1. The Balaban J connectivity index is 1.78. The van der Waals surface area contributed by atoms with Gasteiger partial charge >= 0.3 is 18.0 Å². The molecule has 1 aliphatic rings. The molecule has 2 aromatic rings. The third-order valence-electron chi connectivity index (χ3n) is 6.63. The number of methoxy groups -OCH3 is 1. The lowest BCUT2D eigenvalue weighted by molar-refractivity contribution is -0.143. The summed E-state index contributed by atoms with van der Waals surface area (Å²) >= 11 is 0. The zero-order chi connectivity index (χ0) is 28.4. The number of hydrogen-bond donors (Lipinski definition) is 1. The van der Waals surface area contributed by atoms with Crippen LogP contribution in [0.5, 0.6) is 11.5 Å². The monoisotopic (exact) mass is 538 g/mol. The van der Waals surface area contributed by atoms with E-state index in [0.29, 0.717) is 36.3 Å². The van der Waals surface area contributed by atoms with Crippen LogP contribution in [0, 0.1) is 6.92 Å². The highest BCUT2D eigenvalue weighted by atomic mass is 16.6. The first-order chi connectivity index (χ1) is 18.8. The summed E-state index contributed by atoms with van der Waals surface area (Å²) in [5.41, 5.74) is 4.22. The molecule has 2 aromatic carbocycles. The molecule has 9 heteroatoms. The number of allylic oxidation sites excluding steroid dienone is 2. The Hall–Kier alpha value is -4.01. The largest absolute Gasteiger partial charge is 0.496 e. The molecule has 0 spiro atoms. The van der Waals surface area contributed by atoms with Gasteiger partial charge in [-0.3, -0.25) is 4.79 Å². The van der Waals surface area contributed by atoms with Crippen molar-refractivity contribution in [2.24, 2.45) is 0 Å². The second kappa shape index (κ2) is 14.2. The summed E-state index contributed by atoms with van der Waals surface area (Å²) in [6, 6.07) is 7.97. The van der Waals surface area contributed by atoms with E-state index in [1.165, 1.54) is 7.11 Å². The van der Waals surface area contributed by atoms with E-state index in [9.17, 15) is 14.4 Å². The van der Waals surface area contributed by atoms with Gasteiger partial charge in [0.15, 0.2) is 5.75 Å². The lowest BCUT2D eigenvalue weighted by Gasteiger charge is -2.21. The SMILES string of the molecule is CCOC(=O)CC/C=C/Cc1c(OC)c(C)c2c(c1OC(=O)NCc1ccc(N(CC)CC)cc1)C(=O)OC2. The molecule has 210 valence electrons. The lowest BCUT2D eigenvalue weighted by Crippen LogP contribution is -2.27. The number of benzene rings is 2. The molecular formula is C30H38N2O7. The number of esters is 2. The minimum absolute atomic E-state index is 0.0862. The average molecular weight is 539 g/mol. The Labute approximate surface area is 230 Å². The number of nitrogens with zero attached hydrogens (tertiary/aromatic N) is 1. The van der Waals surface area contributed by atoms with Gasteiger partial charge in [0.1, 0.15) is 17.9 Å². The zero-order valence-corrected chi connectivity index (χ0v) is 23.4. The van der Waals surface area contributed by atoms with Crippen molar-refractivity contribution in [1.82, 2.24) is 5.32 Å². The topological polar surface area (TPSA) is 103 Å². The highest BCUT2D eigenvalue weighted by molar-refractivity contribution is 5.99. The van der Waals surface area contributed by atoms with Crippen molar-refractivity contribution in [3.63, 3.8) is 0 Å². The van der Waals surface area contributed by atoms with Crippen molar-refractivity contribution in [2.45, 2.75) is 60.1 Å². The number of fused-ring (bicyclic) bond motifs is 1. The van der Waals surface area contributed by atoms with E-state index in [1.54, 1.807) is 6.92 Å². The molecule has 0 aliphatic carbocycles. The van der Waals surface area contributed by atoms with Crippen LogP contribution in [-0.2, 0) is 33.8 Å². The fourth-order valence-electron chi connectivity index (χ4n) is 4.59. The molecule has 1 amide bonds. The van der Waals surface area contributed by atoms with Crippen molar-refractivity contribution < 1.29 is 33.3 Å². The number of anilines is 1. The predicted molar refractivity (Wildman–Crippen MR) is 148 cm³/mol. The Bertz CT molecular complexity index is 1200. The van der Waals surface area contributed by atoms with Crippen LogP contribution in [0.25, 0.3) is 0 Å². The van der Waals surface area contributed by atoms with Crippen LogP contribution in [-0.4, -0.2) is 44.8 Å². The first kappa shape index (κ1) is 29.5. The van der Waals surface area contributed by atoms with Gasteiger partial charge in [0.05, 0.1) is 13.7 Å². The van der Waals surface area contributed by atoms with Gasteiger partial charge in [-0.15, -0.1) is 0 Å². The quantitative estimate of drug-likeness (QED) is 0.272. The maximum absolute atomic E-state index is 12.9. The molecule has 0 saturated carbocycles. The minimum Gasteiger partial charge on any atom is -0.496 e. The fourth-order valence-corrected chi connectivity index (χ4v) is 4.59. The van der Waals surface area contributed by atoms with E-state index < -0.39 is 12.1 Å². The first-order valence-corrected chi connectivity index (χ1v) is 13.3. The van der Waals surface area contributed by atoms with Crippen LogP contribution in [0.4, 0.5) is 10.5 Å². The van der Waals surface area contributed by atoms with Gasteiger partial charge in [0.2, 0.25) is 0 Å². The molecule has 0 fully saturated rings. The van der Waals surface area contributed by atoms with Crippen molar-refractivity contribution in [3.05, 3.63) is 64.2 Å². The van der Waals surface area contributed by atoms with E-state index >= 15 is 0 Å². The number of cyclic esters (lactones) is 1. The Morgan fingerprint density at radius 3 is 2.44 bits per heavy atom. The molecule has 0 atom stereocenters. The molecular weight excluding hydrogens is 500 g/mol. The van der Waals surface area contributed by atoms with Crippen LogP contribution in [0.15, 0.2) is 36.4 Å². The van der Waals surface area contributed by atoms with Gasteiger partial charge in [-0.1, -0.05) is 24.3 Å². The van der Waals surface area contributed by atoms with Gasteiger partial charge in [0, 0.05) is 42.9 Å². The maximum atomic E-state index is 12.9. The number of carbonyl (C=O) groups excluding carboxylic acids is 3. The summed E-state index contributed by atoms with van der Waals surface area (Å²) in [6.07, 6.45) is 4.09. The van der Waals surface area contributed by atoms with Crippen molar-refractivity contribution in [2.75, 3.05) is 31.7 Å². The average Bonchev–Trinajstić information content (AvgIpc) is 3.32. The van der Waals surface area contributed by atoms with E-state index in [-0.39, 0.29) is 36.9 Å². The number of carbonyl (C=O) groups is 3. The molecule has 39 heavy (non-hydrogen) atoms. The highest BCUT2D eigenvalue weighted by Crippen LogP contribution is 2.42. The highest BCUT2D eigenvalue weighted by Gasteiger charge is 2.34. The summed E-state index contributed by atoms with van der Waals surface area (Å²) in [7, 11) is 1.53. The van der Waals surface area contributed by atoms with Crippen LogP contribution in [0.3, 0.4) is 0 Å². The number of rotatable bonds is 13. The second-order valence-corrected chi connectivity index (χ2v) is 9.00. The van der Waals surface area contributed by atoms with Crippen LogP contribution < -0.4 is 19.7 Å². The molecule has 0 saturated heterocycles. The summed E-state index contributed by atoms with van der Waals surface area (Å²) in [5.74, 6) is -0.159. The van der Waals surface area contributed by atoms with Crippen molar-refractivity contribution in [3.8, 4) is 11.5 Å². The molecule has 9 nitrogen and oxygen atoms in total. The van der Waals surface area contributed by atoms with E-state index in [0.717, 1.165) is 29.9 Å². The molecule has 0 bridgehead atoms. The maximum Gasteiger partial charge on any atom is 0.412 e. The summed E-state index contributed by atoms with van der Waals surface area (Å²) in [4.78, 5) is 39.4. The Morgan fingerprint density at radius 2 is 1.79 bits per heavy atom. The standard InChI is InChI=1S/C30H38N2O7/c1-6-32(7-2)22-16-14-21(15-17-22)18-31-30(35)39-28-23(12-10-9-11-13-25(33)37-8-3)27(36-5)20(4)24-19-38-29(34)26(24)28/h9-10,14-17H,6-8,11-13,18-19H2,1-5H3,(H,31,35)/b10-9+. The van der Waals surface area contributed by atoms with Gasteiger partial charge in [-0.2, -0.15) is 0 Å². The molecule has 0 aromatic heterocycles. The van der Waals surface area contributed by atoms with Crippen LogP contribution >= 0.6 is 0 Å². The van der Waals surface area contributed by atoms with Gasteiger partial charge in [0.25, 0.3) is 0 Å². The number of hydrogen-bond acceptors (Lipinski definition) is 8. The molecule has 0 radical (unpaired) electrons. The fraction of sp³-hybridized carbons (Fsp3) is 0.433. The third-order valence-corrected chi connectivity index (χ3v) is 6.63. The molecule has 1 N–H and O–H groups in total. The van der Waals surface area contributed by atoms with E-state index in [4.69, 9.17) is 18.9 Å². The second-order valence-electron chi connectivity index (χ2n) is 9.00. The van der Waals surface area contributed by atoms with Gasteiger partial charge < -0.3 is 29.2 Å².